The highest BCUT2D eigenvalue weighted by Gasteiger charge is 2.61. The molecule has 1 aliphatic heterocycles. The van der Waals surface area contributed by atoms with Crippen LogP contribution in [-0.2, 0) is 9.53 Å². The fourth-order valence-corrected chi connectivity index (χ4v) is 6.80. The van der Waals surface area contributed by atoms with E-state index in [2.05, 4.69) is 33.8 Å². The number of hydrogen-bond acceptors (Lipinski definition) is 2. The summed E-state index contributed by atoms with van der Waals surface area (Å²) in [6, 6.07) is 0. The van der Waals surface area contributed by atoms with E-state index in [4.69, 9.17) is 4.74 Å². The van der Waals surface area contributed by atoms with Gasteiger partial charge in [0, 0.05) is 11.5 Å². The summed E-state index contributed by atoms with van der Waals surface area (Å²) in [5.41, 5.74) is 0.617. The number of rotatable bonds is 0. The maximum Gasteiger partial charge on any atom is 0.330 e. The third kappa shape index (κ3) is 1.76. The molecule has 3 aliphatic carbocycles. The third-order valence-corrected chi connectivity index (χ3v) is 8.38. The lowest BCUT2D eigenvalue weighted by atomic mass is 9.46. The van der Waals surface area contributed by atoms with Crippen LogP contribution in [0, 0.1) is 40.4 Å². The first-order valence-electron chi connectivity index (χ1n) is 9.26. The van der Waals surface area contributed by atoms with Crippen molar-refractivity contribution in [2.45, 2.75) is 65.9 Å². The van der Waals surface area contributed by atoms with Crippen molar-refractivity contribution in [3.8, 4) is 0 Å². The van der Waals surface area contributed by atoms with Crippen LogP contribution in [0.25, 0.3) is 0 Å². The summed E-state index contributed by atoms with van der Waals surface area (Å²) in [5, 5.41) is 0. The minimum Gasteiger partial charge on any atom is -0.458 e. The predicted octanol–water partition coefficient (Wildman–Crippen LogP) is 4.59. The summed E-state index contributed by atoms with van der Waals surface area (Å²) in [7, 11) is 0. The Bertz CT molecular complexity index is 524. The van der Waals surface area contributed by atoms with E-state index in [-0.39, 0.29) is 17.5 Å². The third-order valence-electron chi connectivity index (χ3n) is 8.38. The molecule has 8 atom stereocenters. The molecule has 3 saturated carbocycles. The minimum absolute atomic E-state index is 0.0677. The molecule has 22 heavy (non-hydrogen) atoms. The van der Waals surface area contributed by atoms with Crippen molar-refractivity contribution < 1.29 is 9.53 Å². The molecule has 0 aromatic carbocycles. The van der Waals surface area contributed by atoms with E-state index in [1.54, 1.807) is 6.08 Å². The Balaban J connectivity index is 1.73. The van der Waals surface area contributed by atoms with Gasteiger partial charge in [-0.3, -0.25) is 0 Å². The molecule has 1 heterocycles. The number of carbonyl (C=O) groups excluding carboxylic acids is 1. The summed E-state index contributed by atoms with van der Waals surface area (Å²) in [5.74, 6) is 3.79. The molecule has 3 fully saturated rings. The smallest absolute Gasteiger partial charge is 0.330 e. The van der Waals surface area contributed by atoms with Crippen molar-refractivity contribution >= 4 is 5.97 Å². The largest absolute Gasteiger partial charge is 0.458 e. The quantitative estimate of drug-likeness (QED) is 0.612. The van der Waals surface area contributed by atoms with Crippen LogP contribution in [0.5, 0.6) is 0 Å². The Morgan fingerprint density at radius 2 is 1.91 bits per heavy atom. The second-order valence-corrected chi connectivity index (χ2v) is 9.15. The van der Waals surface area contributed by atoms with E-state index in [1.807, 2.05) is 0 Å². The average molecular weight is 302 g/mol. The van der Waals surface area contributed by atoms with Gasteiger partial charge in [-0.1, -0.05) is 33.8 Å². The summed E-state index contributed by atoms with van der Waals surface area (Å²) >= 11 is 0. The Morgan fingerprint density at radius 3 is 2.68 bits per heavy atom. The van der Waals surface area contributed by atoms with Gasteiger partial charge in [-0.05, 0) is 67.1 Å². The van der Waals surface area contributed by atoms with Crippen LogP contribution in [0.15, 0.2) is 12.2 Å². The zero-order valence-electron chi connectivity index (χ0n) is 14.5. The average Bonchev–Trinajstić information content (AvgIpc) is 2.77. The van der Waals surface area contributed by atoms with Gasteiger partial charge < -0.3 is 4.74 Å². The molecule has 2 nitrogen and oxygen atoms in total. The molecule has 0 radical (unpaired) electrons. The van der Waals surface area contributed by atoms with Crippen LogP contribution in [0.1, 0.15) is 59.8 Å². The van der Waals surface area contributed by atoms with Gasteiger partial charge in [-0.2, -0.15) is 0 Å². The van der Waals surface area contributed by atoms with Gasteiger partial charge in [-0.25, -0.2) is 4.79 Å². The van der Waals surface area contributed by atoms with Gasteiger partial charge in [0.05, 0.1) is 0 Å². The molecule has 0 aromatic rings. The van der Waals surface area contributed by atoms with Crippen molar-refractivity contribution in [2.24, 2.45) is 40.4 Å². The number of esters is 1. The normalized spacial score (nSPS) is 56.8. The lowest BCUT2D eigenvalue weighted by molar-refractivity contribution is -0.174. The van der Waals surface area contributed by atoms with Gasteiger partial charge in [-0.15, -0.1) is 0 Å². The van der Waals surface area contributed by atoms with Gasteiger partial charge in [0.2, 0.25) is 0 Å². The second-order valence-electron chi connectivity index (χ2n) is 9.15. The molecule has 0 bridgehead atoms. The van der Waals surface area contributed by atoms with Crippen molar-refractivity contribution in [3.05, 3.63) is 12.2 Å². The first-order valence-corrected chi connectivity index (χ1v) is 9.26. The minimum atomic E-state index is -0.136. The molecular weight excluding hydrogens is 272 g/mol. The Morgan fingerprint density at radius 1 is 1.14 bits per heavy atom. The molecule has 8 unspecified atom stereocenters. The van der Waals surface area contributed by atoms with Crippen LogP contribution >= 0.6 is 0 Å². The summed E-state index contributed by atoms with van der Waals surface area (Å²) in [6.07, 6.45) is 10.5. The molecule has 0 spiro atoms. The molecule has 4 rings (SSSR count). The van der Waals surface area contributed by atoms with E-state index < -0.39 is 0 Å². The number of fused-ring (bicyclic) bond motifs is 5. The molecule has 0 saturated heterocycles. The monoisotopic (exact) mass is 302 g/mol. The Hall–Kier alpha value is -0.790. The molecular formula is C20H30O2. The fourth-order valence-electron chi connectivity index (χ4n) is 6.80. The lowest BCUT2D eigenvalue weighted by Crippen LogP contribution is -2.57. The first kappa shape index (κ1) is 14.8. The number of hydrogen-bond donors (Lipinski definition) is 0. The summed E-state index contributed by atoms with van der Waals surface area (Å²) in [6.45, 7) is 9.80. The summed E-state index contributed by atoms with van der Waals surface area (Å²) < 4.78 is 5.74. The zero-order chi connectivity index (χ0) is 15.7. The van der Waals surface area contributed by atoms with Crippen LogP contribution < -0.4 is 0 Å². The van der Waals surface area contributed by atoms with Crippen molar-refractivity contribution in [1.29, 1.82) is 0 Å². The van der Waals surface area contributed by atoms with E-state index >= 15 is 0 Å². The highest BCUT2D eigenvalue weighted by atomic mass is 16.5. The van der Waals surface area contributed by atoms with Crippen LogP contribution in [0.2, 0.25) is 0 Å². The molecule has 0 amide bonds. The van der Waals surface area contributed by atoms with Gasteiger partial charge in [0.25, 0.3) is 0 Å². The fraction of sp³-hybridized carbons (Fsp3) is 0.850. The number of carbonyl (C=O) groups is 1. The topological polar surface area (TPSA) is 26.3 Å². The van der Waals surface area contributed by atoms with E-state index in [0.29, 0.717) is 17.3 Å². The van der Waals surface area contributed by atoms with Crippen LogP contribution in [0.3, 0.4) is 0 Å². The lowest BCUT2D eigenvalue weighted by Gasteiger charge is -2.60. The molecule has 2 heteroatoms. The Labute approximate surface area is 134 Å². The SMILES string of the molecule is CC1CC2OC(=O)C=CC2(C)C2CCC3(C)C(C)CCC3C12. The molecule has 122 valence electrons. The second kappa shape index (κ2) is 4.61. The maximum atomic E-state index is 11.7. The van der Waals surface area contributed by atoms with E-state index in [0.717, 1.165) is 24.2 Å². The highest BCUT2D eigenvalue weighted by molar-refractivity contribution is 5.83. The molecule has 0 aromatic heterocycles. The van der Waals surface area contributed by atoms with Gasteiger partial charge >= 0.3 is 5.97 Å². The van der Waals surface area contributed by atoms with Crippen molar-refractivity contribution in [1.82, 2.24) is 0 Å². The molecule has 0 N–H and O–H groups in total. The zero-order valence-corrected chi connectivity index (χ0v) is 14.5. The van der Waals surface area contributed by atoms with Gasteiger partial charge in [0.1, 0.15) is 6.10 Å². The molecule has 4 aliphatic rings. The van der Waals surface area contributed by atoms with Crippen LogP contribution in [-0.4, -0.2) is 12.1 Å². The standard InChI is InChI=1S/C20H30O2/c1-12-11-16-20(4,10-8-17(21)22-16)15-7-9-19(3)13(2)5-6-14(19)18(12)15/h8,10,12-16,18H,5-7,9,11H2,1-4H3. The maximum absolute atomic E-state index is 11.7. The first-order chi connectivity index (χ1) is 10.4. The van der Waals surface area contributed by atoms with Crippen LogP contribution in [0.4, 0.5) is 0 Å². The van der Waals surface area contributed by atoms with Crippen molar-refractivity contribution in [3.63, 3.8) is 0 Å². The highest BCUT2D eigenvalue weighted by Crippen LogP contribution is 2.66. The summed E-state index contributed by atoms with van der Waals surface area (Å²) in [4.78, 5) is 11.7. The van der Waals surface area contributed by atoms with Crippen molar-refractivity contribution in [2.75, 3.05) is 0 Å². The van der Waals surface area contributed by atoms with E-state index in [9.17, 15) is 4.79 Å². The van der Waals surface area contributed by atoms with Gasteiger partial charge in [0.15, 0.2) is 0 Å². The van der Waals surface area contributed by atoms with E-state index in [1.165, 1.54) is 25.7 Å². The predicted molar refractivity (Wildman–Crippen MR) is 87.1 cm³/mol. The Kier molecular flexibility index (Phi) is 3.10. The number of ether oxygens (including phenoxy) is 1.